The van der Waals surface area contributed by atoms with Crippen molar-refractivity contribution in [3.05, 3.63) is 36.3 Å². The van der Waals surface area contributed by atoms with Gasteiger partial charge in [-0.25, -0.2) is 0 Å². The lowest BCUT2D eigenvalue weighted by Gasteiger charge is -2.38. The first-order valence-electron chi connectivity index (χ1n) is 7.18. The lowest BCUT2D eigenvalue weighted by molar-refractivity contribution is -0.150. The molecular weight excluding hydrogens is 298 g/mol. The molecular formula is C15H17N5O3. The van der Waals surface area contributed by atoms with Crippen LogP contribution in [0, 0.1) is 0 Å². The third kappa shape index (κ3) is 2.93. The van der Waals surface area contributed by atoms with Crippen LogP contribution in [0.2, 0.25) is 0 Å². The molecule has 1 atom stereocenters. The summed E-state index contributed by atoms with van der Waals surface area (Å²) >= 11 is 0. The van der Waals surface area contributed by atoms with E-state index in [1.165, 1.54) is 4.90 Å². The largest absolute Gasteiger partial charge is 0.367 e. The number of aromatic amines is 1. The zero-order valence-electron chi connectivity index (χ0n) is 12.7. The second kappa shape index (κ2) is 5.81. The highest BCUT2D eigenvalue weighted by atomic mass is 16.5. The van der Waals surface area contributed by atoms with Gasteiger partial charge in [-0.3, -0.25) is 19.7 Å². The molecule has 0 spiro atoms. The Balaban J connectivity index is 1.79. The van der Waals surface area contributed by atoms with Crippen molar-refractivity contribution >= 4 is 11.8 Å². The molecule has 0 bridgehead atoms. The minimum Gasteiger partial charge on any atom is -0.367 e. The van der Waals surface area contributed by atoms with Crippen molar-refractivity contribution in [2.75, 3.05) is 19.7 Å². The van der Waals surface area contributed by atoms with E-state index in [2.05, 4.69) is 15.2 Å². The summed E-state index contributed by atoms with van der Waals surface area (Å²) in [5.74, 6) is -0.834. The summed E-state index contributed by atoms with van der Waals surface area (Å²) in [5, 5.41) is 6.87. The van der Waals surface area contributed by atoms with Crippen molar-refractivity contribution in [1.82, 2.24) is 20.1 Å². The molecule has 1 aliphatic heterocycles. The van der Waals surface area contributed by atoms with Crippen LogP contribution in [0.5, 0.6) is 0 Å². The number of nitrogens with two attached hydrogens (primary N) is 1. The van der Waals surface area contributed by atoms with E-state index in [1.807, 2.05) is 6.07 Å². The SMILES string of the molecule is CC1(C(N)=O)CN(C(=O)c2cc(-c3cccnc3)n[nH]2)CCO1. The third-order valence-corrected chi connectivity index (χ3v) is 3.85. The first kappa shape index (κ1) is 15.2. The van der Waals surface area contributed by atoms with E-state index in [0.717, 1.165) is 5.56 Å². The Morgan fingerprint density at radius 2 is 2.30 bits per heavy atom. The van der Waals surface area contributed by atoms with Crippen LogP contribution in [0.1, 0.15) is 17.4 Å². The molecule has 8 heteroatoms. The van der Waals surface area contributed by atoms with Crippen LogP contribution in [0.15, 0.2) is 30.6 Å². The Hall–Kier alpha value is -2.74. The standard InChI is InChI=1S/C15H17N5O3/c1-15(14(16)22)9-20(5-6-23-15)13(21)12-7-11(18-19-12)10-3-2-4-17-8-10/h2-4,7-8H,5-6,9H2,1H3,(H2,16,22)(H,18,19). The normalized spacial score (nSPS) is 21.2. The van der Waals surface area contributed by atoms with E-state index in [4.69, 9.17) is 10.5 Å². The second-order valence-corrected chi connectivity index (χ2v) is 5.58. The van der Waals surface area contributed by atoms with Gasteiger partial charge in [-0.1, -0.05) is 0 Å². The monoisotopic (exact) mass is 315 g/mol. The number of amides is 2. The number of pyridine rings is 1. The molecule has 1 fully saturated rings. The maximum absolute atomic E-state index is 12.6. The summed E-state index contributed by atoms with van der Waals surface area (Å²) in [6.45, 7) is 2.35. The van der Waals surface area contributed by atoms with E-state index in [1.54, 1.807) is 31.5 Å². The minimum absolute atomic E-state index is 0.114. The summed E-state index contributed by atoms with van der Waals surface area (Å²) in [4.78, 5) is 29.7. The molecule has 1 saturated heterocycles. The summed E-state index contributed by atoms with van der Waals surface area (Å²) in [5.41, 5.74) is 5.98. The molecule has 120 valence electrons. The van der Waals surface area contributed by atoms with Crippen LogP contribution >= 0.6 is 0 Å². The third-order valence-electron chi connectivity index (χ3n) is 3.85. The van der Waals surface area contributed by atoms with Gasteiger partial charge in [0.25, 0.3) is 11.8 Å². The molecule has 0 aromatic carbocycles. The molecule has 2 aromatic heterocycles. The topological polar surface area (TPSA) is 114 Å². The predicted octanol–water partition coefficient (Wildman–Crippen LogP) is 0.188. The zero-order chi connectivity index (χ0) is 16.4. The number of H-pyrrole nitrogens is 1. The van der Waals surface area contributed by atoms with Crippen LogP contribution in [-0.4, -0.2) is 57.2 Å². The fourth-order valence-corrected chi connectivity index (χ4v) is 2.46. The Labute approximate surface area is 132 Å². The molecule has 3 N–H and O–H groups in total. The molecule has 3 rings (SSSR count). The van der Waals surface area contributed by atoms with Gasteiger partial charge in [-0.2, -0.15) is 5.10 Å². The van der Waals surface area contributed by atoms with E-state index < -0.39 is 11.5 Å². The number of nitrogens with one attached hydrogen (secondary N) is 1. The quantitative estimate of drug-likeness (QED) is 0.839. The van der Waals surface area contributed by atoms with Crippen LogP contribution in [-0.2, 0) is 9.53 Å². The van der Waals surface area contributed by atoms with Crippen molar-refractivity contribution in [3.8, 4) is 11.3 Å². The van der Waals surface area contributed by atoms with Crippen molar-refractivity contribution < 1.29 is 14.3 Å². The first-order valence-corrected chi connectivity index (χ1v) is 7.18. The van der Waals surface area contributed by atoms with Gasteiger partial charge in [0, 0.05) is 24.5 Å². The highest BCUT2D eigenvalue weighted by molar-refractivity contribution is 5.94. The van der Waals surface area contributed by atoms with Gasteiger partial charge in [0.2, 0.25) is 0 Å². The van der Waals surface area contributed by atoms with Crippen molar-refractivity contribution in [1.29, 1.82) is 0 Å². The van der Waals surface area contributed by atoms with Crippen LogP contribution in [0.25, 0.3) is 11.3 Å². The number of nitrogens with zero attached hydrogens (tertiary/aromatic N) is 3. The number of carbonyl (C=O) groups excluding carboxylic acids is 2. The lowest BCUT2D eigenvalue weighted by Crippen LogP contribution is -2.58. The maximum atomic E-state index is 12.6. The van der Waals surface area contributed by atoms with Gasteiger partial charge < -0.3 is 15.4 Å². The van der Waals surface area contributed by atoms with Gasteiger partial charge in [0.1, 0.15) is 5.69 Å². The predicted molar refractivity (Wildman–Crippen MR) is 81.3 cm³/mol. The molecule has 3 heterocycles. The fourth-order valence-electron chi connectivity index (χ4n) is 2.46. The molecule has 2 amide bonds. The van der Waals surface area contributed by atoms with Crippen molar-refractivity contribution in [2.24, 2.45) is 5.73 Å². The zero-order valence-corrected chi connectivity index (χ0v) is 12.7. The summed E-state index contributed by atoms with van der Waals surface area (Å²) in [6, 6.07) is 5.32. The Morgan fingerprint density at radius 1 is 1.48 bits per heavy atom. The second-order valence-electron chi connectivity index (χ2n) is 5.58. The number of primary amides is 1. The number of rotatable bonds is 3. The average Bonchev–Trinajstić information content (AvgIpc) is 3.05. The molecule has 1 aliphatic rings. The molecule has 2 aromatic rings. The van der Waals surface area contributed by atoms with Gasteiger partial charge in [0.05, 0.1) is 18.8 Å². The molecule has 0 radical (unpaired) electrons. The highest BCUT2D eigenvalue weighted by Crippen LogP contribution is 2.21. The first-order chi connectivity index (χ1) is 11.0. The molecule has 0 saturated carbocycles. The number of carbonyl (C=O) groups is 2. The number of hydrogen-bond donors (Lipinski definition) is 2. The van der Waals surface area contributed by atoms with Crippen LogP contribution < -0.4 is 5.73 Å². The van der Waals surface area contributed by atoms with Gasteiger partial charge in [-0.05, 0) is 25.1 Å². The summed E-state index contributed by atoms with van der Waals surface area (Å²) < 4.78 is 5.42. The van der Waals surface area contributed by atoms with Crippen LogP contribution in [0.4, 0.5) is 0 Å². The average molecular weight is 315 g/mol. The highest BCUT2D eigenvalue weighted by Gasteiger charge is 2.39. The van der Waals surface area contributed by atoms with Crippen molar-refractivity contribution in [2.45, 2.75) is 12.5 Å². The Morgan fingerprint density at radius 3 is 3.00 bits per heavy atom. The molecule has 23 heavy (non-hydrogen) atoms. The lowest BCUT2D eigenvalue weighted by atomic mass is 10.0. The van der Waals surface area contributed by atoms with E-state index in [-0.39, 0.29) is 19.1 Å². The van der Waals surface area contributed by atoms with Crippen molar-refractivity contribution in [3.63, 3.8) is 0 Å². The summed E-state index contributed by atoms with van der Waals surface area (Å²) in [6.07, 6.45) is 3.34. The van der Waals surface area contributed by atoms with Gasteiger partial charge >= 0.3 is 0 Å². The van der Waals surface area contributed by atoms with E-state index in [0.29, 0.717) is 17.9 Å². The maximum Gasteiger partial charge on any atom is 0.272 e. The smallest absolute Gasteiger partial charge is 0.272 e. The minimum atomic E-state index is -1.17. The number of morpholine rings is 1. The summed E-state index contributed by atoms with van der Waals surface area (Å²) in [7, 11) is 0. The number of hydrogen-bond acceptors (Lipinski definition) is 5. The Bertz CT molecular complexity index is 730. The van der Waals surface area contributed by atoms with Gasteiger partial charge in [-0.15, -0.1) is 0 Å². The number of aromatic nitrogens is 3. The molecule has 0 aliphatic carbocycles. The van der Waals surface area contributed by atoms with Crippen LogP contribution in [0.3, 0.4) is 0 Å². The van der Waals surface area contributed by atoms with E-state index in [9.17, 15) is 9.59 Å². The molecule has 8 nitrogen and oxygen atoms in total. The number of ether oxygens (including phenoxy) is 1. The fraction of sp³-hybridized carbons (Fsp3) is 0.333. The Kier molecular flexibility index (Phi) is 3.83. The molecule has 1 unspecified atom stereocenters. The van der Waals surface area contributed by atoms with Gasteiger partial charge in [0.15, 0.2) is 5.60 Å². The van der Waals surface area contributed by atoms with E-state index >= 15 is 0 Å².